The molecule has 0 aromatic carbocycles. The second-order valence-corrected chi connectivity index (χ2v) is 6.71. The van der Waals surface area contributed by atoms with Crippen LogP contribution in [0.1, 0.15) is 19.4 Å². The van der Waals surface area contributed by atoms with Crippen molar-refractivity contribution < 1.29 is 4.79 Å². The Balaban J connectivity index is 2.56. The van der Waals surface area contributed by atoms with Gasteiger partial charge in [-0.15, -0.1) is 23.1 Å². The number of nitrogens with one attached hydrogen (secondary N) is 1. The fourth-order valence-electron chi connectivity index (χ4n) is 2.13. The number of thiophene rings is 1. The molecule has 0 radical (unpaired) electrons. The highest BCUT2D eigenvalue weighted by Gasteiger charge is 2.12. The van der Waals surface area contributed by atoms with Crippen LogP contribution in [0.3, 0.4) is 0 Å². The molecule has 0 spiro atoms. The maximum absolute atomic E-state index is 11.5. The minimum absolute atomic E-state index is 0.107. The first-order chi connectivity index (χ1) is 11.6. The lowest BCUT2D eigenvalue weighted by atomic mass is 10.2. The molecular weight excluding hydrogens is 338 g/mol. The number of carbonyl (C=O) groups excluding carboxylic acids is 1. The summed E-state index contributed by atoms with van der Waals surface area (Å²) in [5.74, 6) is -0.107. The predicted molar refractivity (Wildman–Crippen MR) is 107 cm³/mol. The molecule has 1 amide bonds. The SMILES string of the molecule is C=C/C(SC)=C(\C=C/C)N=Cc1c(NC(C)=O)sc2cnccc12. The molecule has 1 N–H and O–H groups in total. The van der Waals surface area contributed by atoms with E-state index in [1.807, 2.05) is 31.4 Å². The van der Waals surface area contributed by atoms with Crippen molar-refractivity contribution in [1.82, 2.24) is 4.98 Å². The van der Waals surface area contributed by atoms with Crippen molar-refractivity contribution in [2.45, 2.75) is 13.8 Å². The average molecular weight is 358 g/mol. The number of allylic oxidation sites excluding steroid dienone is 3. The number of nitrogens with zero attached hydrogens (tertiary/aromatic N) is 2. The predicted octanol–water partition coefficient (Wildman–Crippen LogP) is 5.01. The summed E-state index contributed by atoms with van der Waals surface area (Å²) >= 11 is 3.09. The van der Waals surface area contributed by atoms with Gasteiger partial charge in [-0.05, 0) is 25.3 Å². The van der Waals surface area contributed by atoms with Gasteiger partial charge in [-0.1, -0.05) is 18.7 Å². The van der Waals surface area contributed by atoms with Crippen molar-refractivity contribution in [3.05, 3.63) is 59.4 Å². The maximum atomic E-state index is 11.5. The molecular formula is C18H19N3OS2. The minimum Gasteiger partial charge on any atom is -0.317 e. The lowest BCUT2D eigenvalue weighted by Crippen LogP contribution is -2.05. The first-order valence-electron chi connectivity index (χ1n) is 7.32. The molecule has 0 saturated carbocycles. The van der Waals surface area contributed by atoms with Crippen molar-refractivity contribution in [2.24, 2.45) is 4.99 Å². The van der Waals surface area contributed by atoms with Crippen LogP contribution in [0.5, 0.6) is 0 Å². The van der Waals surface area contributed by atoms with Crippen LogP contribution >= 0.6 is 23.1 Å². The van der Waals surface area contributed by atoms with Gasteiger partial charge in [-0.3, -0.25) is 14.8 Å². The topological polar surface area (TPSA) is 54.4 Å². The van der Waals surface area contributed by atoms with E-state index in [1.54, 1.807) is 36.4 Å². The number of amides is 1. The molecule has 0 aliphatic heterocycles. The molecule has 0 saturated heterocycles. The number of hydrogen-bond donors (Lipinski definition) is 1. The van der Waals surface area contributed by atoms with E-state index in [2.05, 4.69) is 21.9 Å². The van der Waals surface area contributed by atoms with Gasteiger partial charge in [0.1, 0.15) is 5.00 Å². The number of anilines is 1. The Bertz CT molecular complexity index is 847. The number of fused-ring (bicyclic) bond motifs is 1. The number of thioether (sulfide) groups is 1. The fraction of sp³-hybridized carbons (Fsp3) is 0.167. The molecule has 0 unspecified atom stereocenters. The molecule has 124 valence electrons. The Morgan fingerprint density at radius 2 is 2.29 bits per heavy atom. The number of aromatic nitrogens is 1. The molecule has 0 atom stereocenters. The van der Waals surface area contributed by atoms with E-state index >= 15 is 0 Å². The van der Waals surface area contributed by atoms with Crippen molar-refractivity contribution >= 4 is 50.3 Å². The first-order valence-corrected chi connectivity index (χ1v) is 9.36. The van der Waals surface area contributed by atoms with Crippen LogP contribution in [-0.4, -0.2) is 23.4 Å². The highest BCUT2D eigenvalue weighted by Crippen LogP contribution is 2.34. The summed E-state index contributed by atoms with van der Waals surface area (Å²) in [5, 5.41) is 4.67. The molecule has 0 aliphatic carbocycles. The van der Waals surface area contributed by atoms with Crippen LogP contribution in [0.2, 0.25) is 0 Å². The number of hydrogen-bond acceptors (Lipinski definition) is 5. The molecule has 2 heterocycles. The van der Waals surface area contributed by atoms with Gasteiger partial charge in [-0.2, -0.15) is 0 Å². The van der Waals surface area contributed by atoms with Crippen LogP contribution in [-0.2, 0) is 4.79 Å². The first kappa shape index (κ1) is 18.2. The number of rotatable bonds is 6. The molecule has 24 heavy (non-hydrogen) atoms. The quantitative estimate of drug-likeness (QED) is 0.584. The summed E-state index contributed by atoms with van der Waals surface area (Å²) in [6.07, 6.45) is 13.0. The van der Waals surface area contributed by atoms with Gasteiger partial charge < -0.3 is 5.32 Å². The lowest BCUT2D eigenvalue weighted by Gasteiger charge is -2.03. The van der Waals surface area contributed by atoms with E-state index in [4.69, 9.17) is 0 Å². The molecule has 2 rings (SSSR count). The van der Waals surface area contributed by atoms with Gasteiger partial charge in [-0.25, -0.2) is 0 Å². The summed E-state index contributed by atoms with van der Waals surface area (Å²) in [7, 11) is 0. The third-order valence-corrected chi connectivity index (χ3v) is 5.02. The zero-order chi connectivity index (χ0) is 17.5. The monoisotopic (exact) mass is 357 g/mol. The Kier molecular flexibility index (Phi) is 6.52. The molecule has 2 aromatic rings. The van der Waals surface area contributed by atoms with Crippen LogP contribution in [0.4, 0.5) is 5.00 Å². The van der Waals surface area contributed by atoms with E-state index in [1.165, 1.54) is 18.3 Å². The van der Waals surface area contributed by atoms with Crippen molar-refractivity contribution in [3.63, 3.8) is 0 Å². The van der Waals surface area contributed by atoms with Crippen molar-refractivity contribution in [1.29, 1.82) is 0 Å². The third-order valence-electron chi connectivity index (χ3n) is 3.14. The smallest absolute Gasteiger partial charge is 0.221 e. The largest absolute Gasteiger partial charge is 0.317 e. The maximum Gasteiger partial charge on any atom is 0.221 e. The molecule has 6 heteroatoms. The van der Waals surface area contributed by atoms with Gasteiger partial charge in [0.15, 0.2) is 0 Å². The Hall–Kier alpha value is -2.18. The van der Waals surface area contributed by atoms with Crippen molar-refractivity contribution in [3.8, 4) is 0 Å². The molecule has 0 fully saturated rings. The van der Waals surface area contributed by atoms with E-state index in [0.29, 0.717) is 0 Å². The second kappa shape index (κ2) is 8.61. The summed E-state index contributed by atoms with van der Waals surface area (Å²) < 4.78 is 1.01. The van der Waals surface area contributed by atoms with Gasteiger partial charge >= 0.3 is 0 Å². The lowest BCUT2D eigenvalue weighted by molar-refractivity contribution is -0.114. The highest BCUT2D eigenvalue weighted by atomic mass is 32.2. The van der Waals surface area contributed by atoms with Crippen LogP contribution in [0.15, 0.2) is 58.9 Å². The summed E-state index contributed by atoms with van der Waals surface area (Å²) in [6, 6.07) is 1.93. The number of carbonyl (C=O) groups is 1. The van der Waals surface area contributed by atoms with Gasteiger partial charge in [0.25, 0.3) is 0 Å². The van der Waals surface area contributed by atoms with Crippen LogP contribution < -0.4 is 5.32 Å². The summed E-state index contributed by atoms with van der Waals surface area (Å²) in [5.41, 5.74) is 1.72. The molecule has 0 aliphatic rings. The normalized spacial score (nSPS) is 12.8. The van der Waals surface area contributed by atoms with Gasteiger partial charge in [0.05, 0.1) is 10.4 Å². The zero-order valence-corrected chi connectivity index (χ0v) is 15.5. The van der Waals surface area contributed by atoms with Gasteiger partial charge in [0, 0.05) is 41.4 Å². The number of pyridine rings is 1. The standard InChI is InChI=1S/C18H19N3OS2/c1-5-7-15(16(6-2)23-4)20-10-14-13-8-9-19-11-17(13)24-18(14)21-12(3)22/h5-11H,2H2,1,3-4H3,(H,21,22)/b7-5-,16-15-,20-10?. The Labute approximate surface area is 150 Å². The van der Waals surface area contributed by atoms with E-state index < -0.39 is 0 Å². The Morgan fingerprint density at radius 1 is 1.50 bits per heavy atom. The van der Waals surface area contributed by atoms with E-state index in [0.717, 1.165) is 31.3 Å². The highest BCUT2D eigenvalue weighted by molar-refractivity contribution is 8.02. The Morgan fingerprint density at radius 3 is 2.92 bits per heavy atom. The second-order valence-electron chi connectivity index (χ2n) is 4.81. The molecule has 0 bridgehead atoms. The van der Waals surface area contributed by atoms with E-state index in [-0.39, 0.29) is 5.91 Å². The zero-order valence-electron chi connectivity index (χ0n) is 13.9. The van der Waals surface area contributed by atoms with Crippen molar-refractivity contribution in [2.75, 3.05) is 11.6 Å². The minimum atomic E-state index is -0.107. The van der Waals surface area contributed by atoms with E-state index in [9.17, 15) is 4.79 Å². The van der Waals surface area contributed by atoms with Crippen LogP contribution in [0.25, 0.3) is 10.1 Å². The fourth-order valence-corrected chi connectivity index (χ4v) is 3.71. The number of aliphatic imine (C=N–C) groups is 1. The average Bonchev–Trinajstić information content (AvgIpc) is 2.90. The molecule has 2 aromatic heterocycles. The van der Waals surface area contributed by atoms with Crippen LogP contribution in [0, 0.1) is 0 Å². The molecule has 4 nitrogen and oxygen atoms in total. The summed E-state index contributed by atoms with van der Waals surface area (Å²) in [4.78, 5) is 21.2. The van der Waals surface area contributed by atoms with Gasteiger partial charge in [0.2, 0.25) is 5.91 Å². The third kappa shape index (κ3) is 4.21. The summed E-state index contributed by atoms with van der Waals surface area (Å²) in [6.45, 7) is 7.28.